The van der Waals surface area contributed by atoms with Crippen LogP contribution in [-0.2, 0) is 5.41 Å². The van der Waals surface area contributed by atoms with Crippen LogP contribution in [0, 0.1) is 5.41 Å². The van der Waals surface area contributed by atoms with Crippen molar-refractivity contribution in [1.82, 2.24) is 10.3 Å². The van der Waals surface area contributed by atoms with E-state index in [0.29, 0.717) is 10.8 Å². The lowest BCUT2D eigenvalue weighted by molar-refractivity contribution is -0.0127. The molecule has 0 unspecified atom stereocenters. The SMILES string of the molecule is CCCNCC1(c2ccncc2)CC2(CCCCC2)C1. The minimum Gasteiger partial charge on any atom is -0.316 e. The van der Waals surface area contributed by atoms with E-state index in [1.807, 2.05) is 12.4 Å². The third-order valence-electron chi connectivity index (χ3n) is 5.52. The Hall–Kier alpha value is -0.890. The van der Waals surface area contributed by atoms with Gasteiger partial charge in [-0.1, -0.05) is 26.2 Å². The van der Waals surface area contributed by atoms with Crippen molar-refractivity contribution >= 4 is 0 Å². The Morgan fingerprint density at radius 2 is 1.80 bits per heavy atom. The summed E-state index contributed by atoms with van der Waals surface area (Å²) in [6.45, 7) is 4.53. The van der Waals surface area contributed by atoms with Crippen LogP contribution in [-0.4, -0.2) is 18.1 Å². The number of nitrogens with one attached hydrogen (secondary N) is 1. The molecule has 2 aliphatic rings. The van der Waals surface area contributed by atoms with E-state index < -0.39 is 0 Å². The van der Waals surface area contributed by atoms with Gasteiger partial charge in [0.15, 0.2) is 0 Å². The van der Waals surface area contributed by atoms with E-state index in [9.17, 15) is 0 Å². The van der Waals surface area contributed by atoms with Crippen LogP contribution in [0.2, 0.25) is 0 Å². The maximum atomic E-state index is 4.20. The molecular weight excluding hydrogens is 244 g/mol. The molecule has 1 aromatic heterocycles. The van der Waals surface area contributed by atoms with E-state index in [1.54, 1.807) is 0 Å². The lowest BCUT2D eigenvalue weighted by Crippen LogP contribution is -2.55. The summed E-state index contributed by atoms with van der Waals surface area (Å²) in [6.07, 6.45) is 15.2. The lowest BCUT2D eigenvalue weighted by atomic mass is 9.46. The number of aromatic nitrogens is 1. The average molecular weight is 272 g/mol. The Morgan fingerprint density at radius 3 is 2.45 bits per heavy atom. The fourth-order valence-corrected chi connectivity index (χ4v) is 4.68. The summed E-state index contributed by atoms with van der Waals surface area (Å²) >= 11 is 0. The second-order valence-electron chi connectivity index (χ2n) is 7.11. The second kappa shape index (κ2) is 5.85. The Labute approximate surface area is 123 Å². The van der Waals surface area contributed by atoms with Crippen LogP contribution < -0.4 is 5.32 Å². The third kappa shape index (κ3) is 2.63. The molecule has 1 spiro atoms. The first-order chi connectivity index (χ1) is 9.79. The molecule has 1 heterocycles. The molecule has 1 N–H and O–H groups in total. The topological polar surface area (TPSA) is 24.9 Å². The summed E-state index contributed by atoms with van der Waals surface area (Å²) in [4.78, 5) is 4.20. The van der Waals surface area contributed by atoms with Gasteiger partial charge in [0.05, 0.1) is 0 Å². The highest BCUT2D eigenvalue weighted by Crippen LogP contribution is 2.61. The smallest absolute Gasteiger partial charge is 0.0270 e. The van der Waals surface area contributed by atoms with Gasteiger partial charge in [0.25, 0.3) is 0 Å². The molecule has 0 amide bonds. The van der Waals surface area contributed by atoms with E-state index in [-0.39, 0.29) is 0 Å². The van der Waals surface area contributed by atoms with E-state index in [1.165, 1.54) is 56.9 Å². The van der Waals surface area contributed by atoms with Gasteiger partial charge in [0, 0.05) is 24.4 Å². The van der Waals surface area contributed by atoms with Crippen LogP contribution in [0.1, 0.15) is 63.9 Å². The van der Waals surface area contributed by atoms with Crippen molar-refractivity contribution in [2.45, 2.75) is 63.7 Å². The first-order valence-electron chi connectivity index (χ1n) is 8.40. The van der Waals surface area contributed by atoms with Crippen molar-refractivity contribution in [3.63, 3.8) is 0 Å². The Balaban J connectivity index is 1.73. The molecule has 0 radical (unpaired) electrons. The van der Waals surface area contributed by atoms with Gasteiger partial charge in [-0.15, -0.1) is 0 Å². The first-order valence-corrected chi connectivity index (χ1v) is 8.40. The highest BCUT2D eigenvalue weighted by molar-refractivity contribution is 5.30. The molecule has 20 heavy (non-hydrogen) atoms. The molecule has 2 fully saturated rings. The van der Waals surface area contributed by atoms with Gasteiger partial charge in [0.1, 0.15) is 0 Å². The number of hydrogen-bond donors (Lipinski definition) is 1. The highest BCUT2D eigenvalue weighted by atomic mass is 14.9. The van der Waals surface area contributed by atoms with Gasteiger partial charge >= 0.3 is 0 Å². The molecule has 3 rings (SSSR count). The first kappa shape index (κ1) is 14.1. The molecule has 0 atom stereocenters. The van der Waals surface area contributed by atoms with Crippen LogP contribution in [0.15, 0.2) is 24.5 Å². The summed E-state index contributed by atoms with van der Waals surface area (Å²) in [5.41, 5.74) is 2.57. The Kier molecular flexibility index (Phi) is 4.11. The van der Waals surface area contributed by atoms with Crippen LogP contribution in [0.5, 0.6) is 0 Å². The minimum absolute atomic E-state index is 0.384. The van der Waals surface area contributed by atoms with Gasteiger partial charge < -0.3 is 5.32 Å². The van der Waals surface area contributed by atoms with Crippen molar-refractivity contribution in [2.24, 2.45) is 5.41 Å². The van der Waals surface area contributed by atoms with E-state index in [0.717, 1.165) is 13.1 Å². The van der Waals surface area contributed by atoms with Crippen LogP contribution in [0.3, 0.4) is 0 Å². The van der Waals surface area contributed by atoms with Gasteiger partial charge in [0.2, 0.25) is 0 Å². The van der Waals surface area contributed by atoms with Crippen molar-refractivity contribution in [3.05, 3.63) is 30.1 Å². The largest absolute Gasteiger partial charge is 0.316 e. The van der Waals surface area contributed by atoms with E-state index in [4.69, 9.17) is 0 Å². The normalized spacial score (nSPS) is 23.4. The highest BCUT2D eigenvalue weighted by Gasteiger charge is 2.54. The molecule has 2 saturated carbocycles. The van der Waals surface area contributed by atoms with Gasteiger partial charge in [-0.3, -0.25) is 4.98 Å². The zero-order valence-electron chi connectivity index (χ0n) is 12.8. The van der Waals surface area contributed by atoms with Gasteiger partial charge in [-0.25, -0.2) is 0 Å². The Morgan fingerprint density at radius 1 is 1.10 bits per heavy atom. The summed E-state index contributed by atoms with van der Waals surface area (Å²) in [5, 5.41) is 3.68. The molecule has 2 nitrogen and oxygen atoms in total. The van der Waals surface area contributed by atoms with E-state index in [2.05, 4.69) is 29.4 Å². The molecule has 2 heteroatoms. The Bertz CT molecular complexity index is 412. The number of hydrogen-bond acceptors (Lipinski definition) is 2. The van der Waals surface area contributed by atoms with Crippen LogP contribution in [0.25, 0.3) is 0 Å². The van der Waals surface area contributed by atoms with Crippen molar-refractivity contribution in [2.75, 3.05) is 13.1 Å². The monoisotopic (exact) mass is 272 g/mol. The molecular formula is C18H28N2. The lowest BCUT2D eigenvalue weighted by Gasteiger charge is -2.59. The number of rotatable bonds is 5. The molecule has 1 aromatic rings. The number of nitrogens with zero attached hydrogens (tertiary/aromatic N) is 1. The molecule has 0 bridgehead atoms. The van der Waals surface area contributed by atoms with Crippen molar-refractivity contribution in [3.8, 4) is 0 Å². The molecule has 2 aliphatic carbocycles. The van der Waals surface area contributed by atoms with Crippen LogP contribution >= 0.6 is 0 Å². The predicted molar refractivity (Wildman–Crippen MR) is 83.8 cm³/mol. The van der Waals surface area contributed by atoms with E-state index >= 15 is 0 Å². The molecule has 110 valence electrons. The molecule has 0 aromatic carbocycles. The quantitative estimate of drug-likeness (QED) is 0.818. The zero-order valence-corrected chi connectivity index (χ0v) is 12.8. The maximum absolute atomic E-state index is 4.20. The van der Waals surface area contributed by atoms with Crippen LogP contribution in [0.4, 0.5) is 0 Å². The van der Waals surface area contributed by atoms with Gasteiger partial charge in [-0.05, 0) is 61.8 Å². The fourth-order valence-electron chi connectivity index (χ4n) is 4.68. The third-order valence-corrected chi connectivity index (χ3v) is 5.52. The maximum Gasteiger partial charge on any atom is 0.0270 e. The zero-order chi connectivity index (χ0) is 13.9. The van der Waals surface area contributed by atoms with Gasteiger partial charge in [-0.2, -0.15) is 0 Å². The summed E-state index contributed by atoms with van der Waals surface area (Å²) < 4.78 is 0. The molecule has 0 aliphatic heterocycles. The predicted octanol–water partition coefficient (Wildman–Crippen LogP) is 4.06. The van der Waals surface area contributed by atoms with Crippen molar-refractivity contribution in [1.29, 1.82) is 0 Å². The summed E-state index contributed by atoms with van der Waals surface area (Å²) in [5.74, 6) is 0. The summed E-state index contributed by atoms with van der Waals surface area (Å²) in [7, 11) is 0. The minimum atomic E-state index is 0.384. The fraction of sp³-hybridized carbons (Fsp3) is 0.722. The second-order valence-corrected chi connectivity index (χ2v) is 7.11. The molecule has 0 saturated heterocycles. The number of pyridine rings is 1. The standard InChI is InChI=1S/C18H28N2/c1-2-10-20-15-18(16-6-11-19-12-7-16)13-17(14-18)8-4-3-5-9-17/h6-7,11-12,20H,2-5,8-10,13-15H2,1H3. The average Bonchev–Trinajstić information content (AvgIpc) is 2.47. The van der Waals surface area contributed by atoms with Crippen molar-refractivity contribution < 1.29 is 0 Å². The summed E-state index contributed by atoms with van der Waals surface area (Å²) in [6, 6.07) is 4.48.